The van der Waals surface area contributed by atoms with Crippen molar-refractivity contribution in [3.05, 3.63) is 109 Å². The van der Waals surface area contributed by atoms with Crippen molar-refractivity contribution in [2.45, 2.75) is 96.7 Å². The van der Waals surface area contributed by atoms with Gasteiger partial charge in [-0.2, -0.15) is 0 Å². The van der Waals surface area contributed by atoms with E-state index in [0.717, 1.165) is 10.5 Å². The van der Waals surface area contributed by atoms with E-state index in [4.69, 9.17) is 19.2 Å². The Labute approximate surface area is 467 Å². The number of rotatable bonds is 24. The van der Waals surface area contributed by atoms with E-state index in [-0.39, 0.29) is 113 Å². The van der Waals surface area contributed by atoms with Gasteiger partial charge in [-0.1, -0.05) is 49.4 Å². The van der Waals surface area contributed by atoms with Crippen LogP contribution in [0.5, 0.6) is 0 Å². The molecule has 1 fully saturated rings. The van der Waals surface area contributed by atoms with Crippen molar-refractivity contribution in [1.29, 1.82) is 0 Å². The topological polar surface area (TPSA) is 343 Å². The molecule has 6 heterocycles. The summed E-state index contributed by atoms with van der Waals surface area (Å²) >= 11 is 0. The van der Waals surface area contributed by atoms with Crippen LogP contribution in [0.4, 0.5) is 4.39 Å². The number of nitrogens with one attached hydrogen (secondary N) is 6. The summed E-state index contributed by atoms with van der Waals surface area (Å²) in [5.74, 6) is -5.99. The molecule has 1 unspecified atom stereocenters. The zero-order valence-electron chi connectivity index (χ0n) is 45.2. The Morgan fingerprint density at radius 2 is 1.62 bits per heavy atom. The molecule has 3 aliphatic heterocycles. The fourth-order valence-electron chi connectivity index (χ4n) is 10.5. The number of cyclic esters (lactones) is 1. The first-order chi connectivity index (χ1) is 39.3. The number of esters is 1. The predicted octanol–water partition coefficient (Wildman–Crippen LogP) is -0.496. The lowest BCUT2D eigenvalue weighted by Gasteiger charge is -2.31. The molecule has 4 aliphatic rings. The highest BCUT2D eigenvalue weighted by Gasteiger charge is 2.46. The number of hydrogen-bond donors (Lipinski definition) is 7. The van der Waals surface area contributed by atoms with E-state index in [1.165, 1.54) is 21.5 Å². The predicted molar refractivity (Wildman–Crippen MR) is 284 cm³/mol. The van der Waals surface area contributed by atoms with Gasteiger partial charge in [0.1, 0.15) is 25.2 Å². The summed E-state index contributed by atoms with van der Waals surface area (Å²) in [6, 6.07) is 9.90. The van der Waals surface area contributed by atoms with E-state index in [0.29, 0.717) is 57.4 Å². The number of ether oxygens (including phenoxy) is 3. The summed E-state index contributed by atoms with van der Waals surface area (Å²) in [7, 11) is 0. The zero-order chi connectivity index (χ0) is 58.4. The van der Waals surface area contributed by atoms with Gasteiger partial charge in [0.25, 0.3) is 11.5 Å². The van der Waals surface area contributed by atoms with Crippen LogP contribution in [-0.4, -0.2) is 147 Å². The van der Waals surface area contributed by atoms with Crippen molar-refractivity contribution in [3.63, 3.8) is 0 Å². The van der Waals surface area contributed by atoms with Crippen molar-refractivity contribution in [3.8, 4) is 11.4 Å². The van der Waals surface area contributed by atoms with Crippen LogP contribution in [0.15, 0.2) is 53.5 Å². The van der Waals surface area contributed by atoms with Gasteiger partial charge in [0.05, 0.1) is 93.8 Å². The fourth-order valence-corrected chi connectivity index (χ4v) is 10.5. The van der Waals surface area contributed by atoms with Gasteiger partial charge < -0.3 is 55.8 Å². The van der Waals surface area contributed by atoms with E-state index in [9.17, 15) is 53.1 Å². The first-order valence-electron chi connectivity index (χ1n) is 26.8. The van der Waals surface area contributed by atoms with Crippen LogP contribution in [0, 0.1) is 18.7 Å². The Morgan fingerprint density at radius 3 is 2.38 bits per heavy atom. The molecule has 8 amide bonds. The Kier molecular flexibility index (Phi) is 17.6. The lowest BCUT2D eigenvalue weighted by molar-refractivity contribution is -0.172. The Balaban J connectivity index is 0.720. The molecule has 26 nitrogen and oxygen atoms in total. The van der Waals surface area contributed by atoms with Gasteiger partial charge in [-0.15, -0.1) is 5.10 Å². The molecule has 27 heteroatoms. The minimum atomic E-state index is -2.05. The monoisotopic (exact) mass is 1130 g/mol. The highest BCUT2D eigenvalue weighted by atomic mass is 19.1. The molecule has 1 saturated heterocycles. The lowest BCUT2D eigenvalue weighted by atomic mass is 9.81. The number of amides is 8. The second-order valence-electron chi connectivity index (χ2n) is 20.3. The summed E-state index contributed by atoms with van der Waals surface area (Å²) in [5.41, 5.74) is 1.96. The molecule has 432 valence electrons. The summed E-state index contributed by atoms with van der Waals surface area (Å²) in [4.78, 5) is 134. The van der Waals surface area contributed by atoms with Crippen LogP contribution in [0.1, 0.15) is 95.0 Å². The van der Waals surface area contributed by atoms with Gasteiger partial charge in [-0.05, 0) is 54.5 Å². The zero-order valence-corrected chi connectivity index (χ0v) is 45.2. The van der Waals surface area contributed by atoms with Gasteiger partial charge in [-0.3, -0.25) is 48.1 Å². The number of carbonyl (C=O) groups is 9. The van der Waals surface area contributed by atoms with Gasteiger partial charge in [0.15, 0.2) is 11.3 Å². The first-order valence-corrected chi connectivity index (χ1v) is 26.8. The number of pyridine rings is 2. The highest BCUT2D eigenvalue weighted by molar-refractivity contribution is 6.03. The normalized spacial score (nSPS) is 18.0. The van der Waals surface area contributed by atoms with E-state index in [1.807, 2.05) is 0 Å². The Hall–Kier alpha value is -8.82. The van der Waals surface area contributed by atoms with E-state index < -0.39 is 90.1 Å². The molecule has 5 aromatic rings. The second-order valence-corrected chi connectivity index (χ2v) is 20.3. The van der Waals surface area contributed by atoms with Gasteiger partial charge >= 0.3 is 5.97 Å². The van der Waals surface area contributed by atoms with Crippen LogP contribution in [-0.2, 0) is 90.7 Å². The molecule has 0 radical (unpaired) electrons. The molecule has 0 bridgehead atoms. The molecular weight excluding hydrogens is 1070 g/mol. The average molecular weight is 1130 g/mol. The smallest absolute Gasteiger partial charge is 0.343 e. The van der Waals surface area contributed by atoms with Gasteiger partial charge in [0, 0.05) is 47.8 Å². The highest BCUT2D eigenvalue weighted by Crippen LogP contribution is 2.46. The van der Waals surface area contributed by atoms with Gasteiger partial charge in [0.2, 0.25) is 41.4 Å². The first kappa shape index (κ1) is 57.9. The number of aryl methyl sites for hydroxylation is 1. The van der Waals surface area contributed by atoms with Crippen molar-refractivity contribution in [1.82, 2.24) is 61.3 Å². The van der Waals surface area contributed by atoms with Crippen LogP contribution in [0.3, 0.4) is 0 Å². The van der Waals surface area contributed by atoms with Crippen LogP contribution in [0.25, 0.3) is 22.3 Å². The number of carbonyl (C=O) groups excluding carboxylic acids is 9. The van der Waals surface area contributed by atoms with E-state index >= 15 is 4.39 Å². The Bertz CT molecular complexity index is 3460. The number of imide groups is 1. The molecule has 3 aromatic heterocycles. The minimum absolute atomic E-state index is 0.0174. The SMILES string of the molecule is CC[C@@]1(O)C(=O)OCc2c1cc1n(c2=O)Cc2c-1nc1cc(F)c(C)c3c1c2[C@@H](NC(=O)c1cn(CCOCNC(=O)CNC(=O)[C@H](Cc2ccccc2)NC(=O)CNC(=O)CNC(=O)CCOCCN2C(=O)CC(C)C2=O)nn1)CC3. The number of hydrogen-bond acceptors (Lipinski definition) is 17. The van der Waals surface area contributed by atoms with Crippen molar-refractivity contribution < 1.29 is 66.9 Å². The molecule has 2 aromatic carbocycles. The number of likely N-dealkylation sites (tertiary alicyclic amines) is 1. The summed E-state index contributed by atoms with van der Waals surface area (Å²) in [6.07, 6.45) is 2.27. The average Bonchev–Trinajstić information content (AvgIpc) is 2.06. The molecule has 7 N–H and O–H groups in total. The Morgan fingerprint density at radius 1 is 0.890 bits per heavy atom. The maximum Gasteiger partial charge on any atom is 0.343 e. The third kappa shape index (κ3) is 12.4. The molecule has 0 spiro atoms. The fraction of sp³-hybridized carbons (Fsp3) is 0.436. The number of halogens is 1. The molecular formula is C55H61FN12O14. The largest absolute Gasteiger partial charge is 0.458 e. The number of fused-ring (bicyclic) bond motifs is 5. The molecule has 9 rings (SSSR count). The maximum absolute atomic E-state index is 15.4. The standard InChI is InChI=1S/C55H61FN12O14/c1-4-55(79)35-20-41-49-33(25-68(41)53(77)34(35)27-82-54(55)78)48-37(11-10-32-30(3)36(56)21-38(62-49)47(32)48)63-51(75)40-26-66(65-64-40)13-16-81-28-60-44(71)23-59-50(74)39(19-31-8-6-5-7-9-31)61-45(72)24-58-43(70)22-57-42(69)12-15-80-17-14-67-46(73)18-29(2)52(67)76/h5-9,20-21,26,29,37,39,79H,4,10-19,22-25,27-28H2,1-3H3,(H,57,69)(H,58,70)(H,59,74)(H,60,71)(H,61,72)(H,63,75)/t29?,37-,39-,55-/m0/s1. The second kappa shape index (κ2) is 24.9. The van der Waals surface area contributed by atoms with E-state index in [1.54, 1.807) is 57.2 Å². The van der Waals surface area contributed by atoms with Crippen LogP contribution >= 0.6 is 0 Å². The third-order valence-corrected chi connectivity index (χ3v) is 14.9. The molecule has 0 saturated carbocycles. The number of aliphatic hydroxyl groups is 1. The number of nitrogens with zero attached hydrogens (tertiary/aromatic N) is 6. The van der Waals surface area contributed by atoms with Gasteiger partial charge in [-0.25, -0.2) is 18.9 Å². The quantitative estimate of drug-likeness (QED) is 0.0174. The molecule has 1 aliphatic carbocycles. The van der Waals surface area contributed by atoms with Crippen LogP contribution in [0.2, 0.25) is 0 Å². The van der Waals surface area contributed by atoms with Crippen molar-refractivity contribution >= 4 is 64.1 Å². The number of benzene rings is 2. The lowest BCUT2D eigenvalue weighted by Crippen LogP contribution is -2.52. The molecule has 4 atom stereocenters. The van der Waals surface area contributed by atoms with Crippen molar-refractivity contribution in [2.75, 3.05) is 52.7 Å². The van der Waals surface area contributed by atoms with E-state index in [2.05, 4.69) is 42.2 Å². The maximum atomic E-state index is 15.4. The van der Waals surface area contributed by atoms with Crippen LogP contribution < -0.4 is 37.5 Å². The summed E-state index contributed by atoms with van der Waals surface area (Å²) in [6.45, 7) is 3.25. The van der Waals surface area contributed by atoms with Crippen molar-refractivity contribution in [2.24, 2.45) is 5.92 Å². The minimum Gasteiger partial charge on any atom is -0.458 e. The number of aromatic nitrogens is 5. The summed E-state index contributed by atoms with van der Waals surface area (Å²) in [5, 5.41) is 35.6. The molecule has 82 heavy (non-hydrogen) atoms. The summed E-state index contributed by atoms with van der Waals surface area (Å²) < 4.78 is 34.4. The third-order valence-electron chi connectivity index (χ3n) is 14.9.